The Labute approximate surface area is 186 Å². The van der Waals surface area contributed by atoms with Gasteiger partial charge in [-0.2, -0.15) is 0 Å². The predicted molar refractivity (Wildman–Crippen MR) is 120 cm³/mol. The number of rotatable bonds is 9. The molecule has 3 rings (SSSR count). The lowest BCUT2D eigenvalue weighted by atomic mass is 10.1. The van der Waals surface area contributed by atoms with Gasteiger partial charge in [0.1, 0.15) is 23.7 Å². The molecule has 1 aromatic heterocycles. The van der Waals surface area contributed by atoms with Crippen LogP contribution < -0.4 is 14.8 Å². The number of nitrogens with one attached hydrogen (secondary N) is 1. The maximum atomic E-state index is 12.2. The summed E-state index contributed by atoms with van der Waals surface area (Å²) in [6, 6.07) is 16.3. The normalized spacial score (nSPS) is 10.6. The van der Waals surface area contributed by atoms with Gasteiger partial charge < -0.3 is 19.5 Å². The van der Waals surface area contributed by atoms with Crippen molar-refractivity contribution < 1.29 is 23.8 Å². The number of methoxy groups -OCH3 is 2. The van der Waals surface area contributed by atoms with E-state index in [9.17, 15) is 9.59 Å². The van der Waals surface area contributed by atoms with E-state index >= 15 is 0 Å². The Hall–Kier alpha value is -4.13. The number of ether oxygens (including phenoxy) is 3. The molecule has 2 aromatic carbocycles. The molecule has 0 radical (unpaired) electrons. The van der Waals surface area contributed by atoms with E-state index in [1.165, 1.54) is 20.3 Å². The minimum Gasteiger partial charge on any atom is -0.496 e. The lowest BCUT2D eigenvalue weighted by molar-refractivity contribution is -0.116. The van der Waals surface area contributed by atoms with Crippen LogP contribution in [0.5, 0.6) is 11.5 Å². The Balaban J connectivity index is 1.51. The van der Waals surface area contributed by atoms with Gasteiger partial charge in [0.2, 0.25) is 5.91 Å². The van der Waals surface area contributed by atoms with Crippen LogP contribution >= 0.6 is 0 Å². The monoisotopic (exact) mass is 432 g/mol. The number of esters is 1. The average Bonchev–Trinajstić information content (AvgIpc) is 2.85. The summed E-state index contributed by atoms with van der Waals surface area (Å²) in [5, 5.41) is 2.79. The van der Waals surface area contributed by atoms with Gasteiger partial charge >= 0.3 is 5.97 Å². The van der Waals surface area contributed by atoms with Gasteiger partial charge in [0, 0.05) is 30.6 Å². The van der Waals surface area contributed by atoms with E-state index in [0.717, 1.165) is 22.4 Å². The van der Waals surface area contributed by atoms with Crippen LogP contribution in [0.3, 0.4) is 0 Å². The summed E-state index contributed by atoms with van der Waals surface area (Å²) in [6.07, 6.45) is 6.65. The van der Waals surface area contributed by atoms with E-state index in [2.05, 4.69) is 10.3 Å². The summed E-state index contributed by atoms with van der Waals surface area (Å²) in [7, 11) is 2.79. The molecule has 1 N–H and O–H groups in total. The molecule has 164 valence electrons. The summed E-state index contributed by atoms with van der Waals surface area (Å²) in [6.45, 7) is 0.701. The third-order valence-corrected chi connectivity index (χ3v) is 4.57. The highest BCUT2D eigenvalue weighted by atomic mass is 16.5. The fourth-order valence-corrected chi connectivity index (χ4v) is 2.88. The zero-order chi connectivity index (χ0) is 22.8. The molecule has 7 heteroatoms. The summed E-state index contributed by atoms with van der Waals surface area (Å²) >= 11 is 0. The number of nitrogens with zero attached hydrogens (tertiary/aromatic N) is 1. The summed E-state index contributed by atoms with van der Waals surface area (Å²) in [5.41, 5.74) is 2.92. The van der Waals surface area contributed by atoms with Gasteiger partial charge in [-0.25, -0.2) is 4.79 Å². The van der Waals surface area contributed by atoms with Gasteiger partial charge in [0.15, 0.2) is 0 Å². The molecule has 1 heterocycles. The van der Waals surface area contributed by atoms with E-state index in [1.54, 1.807) is 36.7 Å². The molecule has 0 spiro atoms. The largest absolute Gasteiger partial charge is 0.496 e. The van der Waals surface area contributed by atoms with Crippen molar-refractivity contribution in [2.75, 3.05) is 14.2 Å². The highest BCUT2D eigenvalue weighted by molar-refractivity contribution is 5.93. The minimum atomic E-state index is -0.497. The first kappa shape index (κ1) is 22.6. The van der Waals surface area contributed by atoms with Crippen LogP contribution in [0.4, 0.5) is 0 Å². The fourth-order valence-electron chi connectivity index (χ4n) is 2.88. The molecule has 0 bridgehead atoms. The predicted octanol–water partition coefficient (Wildman–Crippen LogP) is 3.79. The van der Waals surface area contributed by atoms with Crippen LogP contribution in [0.2, 0.25) is 0 Å². The van der Waals surface area contributed by atoms with Crippen LogP contribution in [-0.4, -0.2) is 31.1 Å². The van der Waals surface area contributed by atoms with Crippen LogP contribution in [0, 0.1) is 0 Å². The first-order valence-corrected chi connectivity index (χ1v) is 9.92. The van der Waals surface area contributed by atoms with E-state index in [-0.39, 0.29) is 12.5 Å². The van der Waals surface area contributed by atoms with E-state index < -0.39 is 5.97 Å². The number of hydrogen-bond donors (Lipinski definition) is 1. The molecule has 7 nitrogen and oxygen atoms in total. The zero-order valence-corrected chi connectivity index (χ0v) is 17.9. The van der Waals surface area contributed by atoms with Crippen LogP contribution in [0.25, 0.3) is 6.08 Å². The first-order chi connectivity index (χ1) is 15.6. The standard InChI is InChI=1S/C25H24N2O5/c1-30-23-11-7-19(14-22(23)25(29)31-2)16-27-24(28)12-8-18-5-9-21(10-6-18)32-17-20-4-3-13-26-15-20/h3-15H,16-17H2,1-2H3,(H,27,28)/b12-8+. The van der Waals surface area contributed by atoms with E-state index in [0.29, 0.717) is 17.9 Å². The van der Waals surface area contributed by atoms with Gasteiger partial charge in [-0.3, -0.25) is 9.78 Å². The van der Waals surface area contributed by atoms with Gasteiger partial charge in [-0.15, -0.1) is 0 Å². The molecule has 0 fully saturated rings. The maximum Gasteiger partial charge on any atom is 0.341 e. The number of carbonyl (C=O) groups is 2. The average molecular weight is 432 g/mol. The van der Waals surface area contributed by atoms with Crippen LogP contribution in [0.1, 0.15) is 27.0 Å². The zero-order valence-electron chi connectivity index (χ0n) is 17.9. The molecule has 1 amide bonds. The van der Waals surface area contributed by atoms with E-state index in [1.807, 2.05) is 36.4 Å². The van der Waals surface area contributed by atoms with Crippen molar-refractivity contribution in [1.82, 2.24) is 10.3 Å². The molecule has 0 aliphatic heterocycles. The van der Waals surface area contributed by atoms with Crippen LogP contribution in [-0.2, 0) is 22.7 Å². The molecular weight excluding hydrogens is 408 g/mol. The molecule has 0 aliphatic carbocycles. The second kappa shape index (κ2) is 11.3. The summed E-state index contributed by atoms with van der Waals surface area (Å²) in [5.74, 6) is 0.399. The Morgan fingerprint density at radius 1 is 1.03 bits per heavy atom. The Bertz CT molecular complexity index is 1080. The molecule has 32 heavy (non-hydrogen) atoms. The third kappa shape index (κ3) is 6.43. The molecule has 3 aromatic rings. The lowest BCUT2D eigenvalue weighted by Crippen LogP contribution is -2.20. The quantitative estimate of drug-likeness (QED) is 0.409. The summed E-state index contributed by atoms with van der Waals surface area (Å²) in [4.78, 5) is 28.1. The Morgan fingerprint density at radius 3 is 2.53 bits per heavy atom. The van der Waals surface area contributed by atoms with Crippen molar-refractivity contribution in [3.8, 4) is 11.5 Å². The third-order valence-electron chi connectivity index (χ3n) is 4.57. The Morgan fingerprint density at radius 2 is 1.84 bits per heavy atom. The van der Waals surface area contributed by atoms with Crippen molar-refractivity contribution in [2.24, 2.45) is 0 Å². The molecule has 0 aliphatic rings. The number of aromatic nitrogens is 1. The molecule has 0 saturated heterocycles. The smallest absolute Gasteiger partial charge is 0.341 e. The molecular formula is C25H24N2O5. The van der Waals surface area contributed by atoms with Crippen molar-refractivity contribution in [1.29, 1.82) is 0 Å². The second-order valence-corrected chi connectivity index (χ2v) is 6.80. The van der Waals surface area contributed by atoms with Gasteiger partial charge in [-0.05, 0) is 47.5 Å². The van der Waals surface area contributed by atoms with Crippen molar-refractivity contribution in [2.45, 2.75) is 13.2 Å². The lowest BCUT2D eigenvalue weighted by Gasteiger charge is -2.09. The van der Waals surface area contributed by atoms with Crippen molar-refractivity contribution >= 4 is 18.0 Å². The number of benzene rings is 2. The van der Waals surface area contributed by atoms with Gasteiger partial charge in [0.25, 0.3) is 0 Å². The highest BCUT2D eigenvalue weighted by Gasteiger charge is 2.13. The number of amides is 1. The fraction of sp³-hybridized carbons (Fsp3) is 0.160. The van der Waals surface area contributed by atoms with E-state index in [4.69, 9.17) is 14.2 Å². The van der Waals surface area contributed by atoms with Gasteiger partial charge in [-0.1, -0.05) is 24.3 Å². The Kier molecular flexibility index (Phi) is 7.97. The first-order valence-electron chi connectivity index (χ1n) is 9.92. The SMILES string of the molecule is COC(=O)c1cc(CNC(=O)/C=C/c2ccc(OCc3cccnc3)cc2)ccc1OC. The van der Waals surface area contributed by atoms with Crippen LogP contribution in [0.15, 0.2) is 73.1 Å². The molecule has 0 unspecified atom stereocenters. The summed E-state index contributed by atoms with van der Waals surface area (Å²) < 4.78 is 15.7. The second-order valence-electron chi connectivity index (χ2n) is 6.80. The number of hydrogen-bond acceptors (Lipinski definition) is 6. The molecule has 0 saturated carbocycles. The highest BCUT2D eigenvalue weighted by Crippen LogP contribution is 2.21. The van der Waals surface area contributed by atoms with Crippen molar-refractivity contribution in [3.63, 3.8) is 0 Å². The topological polar surface area (TPSA) is 86.8 Å². The minimum absolute atomic E-state index is 0.252. The maximum absolute atomic E-state index is 12.2. The number of pyridine rings is 1. The number of carbonyl (C=O) groups excluding carboxylic acids is 2. The molecule has 0 atom stereocenters. The van der Waals surface area contributed by atoms with Gasteiger partial charge in [0.05, 0.1) is 14.2 Å². The van der Waals surface area contributed by atoms with Crippen molar-refractivity contribution in [3.05, 3.63) is 95.3 Å².